The molecule has 0 spiro atoms. The summed E-state index contributed by atoms with van der Waals surface area (Å²) in [5.74, 6) is 0. The number of rotatable bonds is 1. The van der Waals surface area contributed by atoms with Crippen LogP contribution in [0.5, 0.6) is 0 Å². The van der Waals surface area contributed by atoms with Gasteiger partial charge in [-0.05, 0) is 0 Å². The highest BCUT2D eigenvalue weighted by Crippen LogP contribution is 1.93. The zero-order chi connectivity index (χ0) is 7.82. The SMILES string of the molecule is [N-]=[N+]=NN1N=[N+]=N1.[N-]=[N+]=[N-]. The van der Waals surface area contributed by atoms with Gasteiger partial charge in [0.1, 0.15) is 0 Å². The van der Waals surface area contributed by atoms with Crippen LogP contribution in [0.2, 0.25) is 0 Å². The van der Waals surface area contributed by atoms with Crippen LogP contribution < -0.4 is 4.91 Å². The molecule has 0 aromatic heterocycles. The minimum atomic E-state index is 0.778. The van der Waals surface area contributed by atoms with E-state index in [9.17, 15) is 0 Å². The lowest BCUT2D eigenvalue weighted by Crippen LogP contribution is -2.06. The maximum Gasteiger partial charge on any atom is 0.192 e. The van der Waals surface area contributed by atoms with E-state index in [1.54, 1.807) is 0 Å². The van der Waals surface area contributed by atoms with Crippen LogP contribution in [-0.4, -0.2) is 5.23 Å². The lowest BCUT2D eigenvalue weighted by atomic mass is 12.0. The third-order valence-corrected chi connectivity index (χ3v) is 0.360. The van der Waals surface area contributed by atoms with E-state index in [2.05, 4.69) is 25.5 Å². The molecule has 0 saturated heterocycles. The fraction of sp³-hybridized carbons (Fsp3) is 0. The van der Waals surface area contributed by atoms with Crippen LogP contribution in [0.3, 0.4) is 0 Å². The average Bonchev–Trinajstić information content (AvgIpc) is 1.81. The summed E-state index contributed by atoms with van der Waals surface area (Å²) in [7, 11) is 0. The predicted octanol–water partition coefficient (Wildman–Crippen LogP) is 1.19. The van der Waals surface area contributed by atoms with Gasteiger partial charge in [-0.25, -0.2) is 0 Å². The van der Waals surface area contributed by atoms with Crippen molar-refractivity contribution in [1.29, 1.82) is 0 Å². The Bertz CT molecular complexity index is 217. The number of hydrogen-bond donors (Lipinski definition) is 0. The molecule has 0 unspecified atom stereocenters. The number of azide groups is 1. The van der Waals surface area contributed by atoms with Crippen molar-refractivity contribution >= 4 is 0 Å². The fourth-order valence-electron chi connectivity index (χ4n) is 0.147. The largest absolute Gasteiger partial charge is 0.373 e. The highest BCUT2D eigenvalue weighted by Gasteiger charge is 2.07. The van der Waals surface area contributed by atoms with E-state index in [0.29, 0.717) is 0 Å². The molecule has 0 fully saturated rings. The Morgan fingerprint density at radius 3 is 1.90 bits per heavy atom. The smallest absolute Gasteiger partial charge is 0.192 e. The van der Waals surface area contributed by atoms with E-state index in [1.807, 2.05) is 0 Å². The van der Waals surface area contributed by atoms with Crippen molar-refractivity contribution in [3.8, 4) is 0 Å². The first-order chi connectivity index (χ1) is 4.85. The molecule has 0 amide bonds. The lowest BCUT2D eigenvalue weighted by Gasteiger charge is -1.88. The molecule has 10 heavy (non-hydrogen) atoms. The van der Waals surface area contributed by atoms with Crippen molar-refractivity contribution in [2.75, 3.05) is 0 Å². The van der Waals surface area contributed by atoms with Crippen LogP contribution in [0.25, 0.3) is 26.4 Å². The molecule has 10 nitrogen and oxygen atoms in total. The molecule has 1 aliphatic rings. The van der Waals surface area contributed by atoms with E-state index in [-0.39, 0.29) is 0 Å². The first-order valence-corrected chi connectivity index (χ1v) is 1.80. The Morgan fingerprint density at radius 2 is 1.80 bits per heavy atom. The van der Waals surface area contributed by atoms with Crippen LogP contribution in [0.15, 0.2) is 15.7 Å². The Kier molecular flexibility index (Phi) is 3.77. The van der Waals surface area contributed by atoms with Gasteiger partial charge < -0.3 is 11.1 Å². The third kappa shape index (κ3) is 2.83. The summed E-state index contributed by atoms with van der Waals surface area (Å²) in [6.45, 7) is 0. The molecule has 0 bridgehead atoms. The van der Waals surface area contributed by atoms with Gasteiger partial charge in [0.15, 0.2) is 10.4 Å². The quantitative estimate of drug-likeness (QED) is 0.300. The summed E-state index contributed by atoms with van der Waals surface area (Å²) in [5.41, 5.74) is 21.2. The molecule has 0 aliphatic carbocycles. The molecule has 0 aromatic rings. The van der Waals surface area contributed by atoms with Gasteiger partial charge in [-0.1, -0.05) is 0 Å². The number of nitrogens with zero attached hydrogens (tertiary/aromatic N) is 10. The van der Waals surface area contributed by atoms with Gasteiger partial charge in [0, 0.05) is 10.1 Å². The molecule has 1 aliphatic heterocycles. The van der Waals surface area contributed by atoms with E-state index >= 15 is 0 Å². The van der Waals surface area contributed by atoms with Crippen molar-refractivity contribution in [1.82, 2.24) is 10.1 Å². The normalized spacial score (nSPS) is 9.80. The summed E-state index contributed by atoms with van der Waals surface area (Å²) in [4.78, 5) is 6.89. The Hall–Kier alpha value is -2.27. The van der Waals surface area contributed by atoms with Gasteiger partial charge >= 0.3 is 0 Å². The lowest BCUT2D eigenvalue weighted by molar-refractivity contribution is 0.194. The Balaban J connectivity index is 0.000000236. The molecule has 0 radical (unpaired) electrons. The first kappa shape index (κ1) is 7.73. The predicted molar refractivity (Wildman–Crippen MR) is 28.1 cm³/mol. The average molecular weight is 140 g/mol. The minimum absolute atomic E-state index is 0.778. The zero-order valence-electron chi connectivity index (χ0n) is 4.47. The third-order valence-electron chi connectivity index (χ3n) is 0.360. The van der Waals surface area contributed by atoms with E-state index in [1.165, 1.54) is 4.91 Å². The van der Waals surface area contributed by atoms with Gasteiger partial charge in [-0.15, -0.1) is 5.53 Å². The Labute approximate surface area is 53.4 Å². The molecule has 10 heteroatoms. The van der Waals surface area contributed by atoms with Gasteiger partial charge in [0.25, 0.3) is 0 Å². The van der Waals surface area contributed by atoms with E-state index in [0.717, 1.165) is 5.23 Å². The summed E-state index contributed by atoms with van der Waals surface area (Å²) in [6, 6.07) is 0. The molecule has 1 rings (SSSR count). The van der Waals surface area contributed by atoms with Crippen LogP contribution in [0.4, 0.5) is 0 Å². The van der Waals surface area contributed by atoms with Crippen molar-refractivity contribution < 1.29 is 0 Å². The monoisotopic (exact) mass is 140 g/mol. The molecule has 0 atom stereocenters. The van der Waals surface area contributed by atoms with Gasteiger partial charge in [-0.3, -0.25) is 4.91 Å². The maximum atomic E-state index is 7.66. The highest BCUT2D eigenvalue weighted by molar-refractivity contribution is 4.36. The van der Waals surface area contributed by atoms with Crippen LogP contribution in [0, 0.1) is 0 Å². The van der Waals surface area contributed by atoms with Gasteiger partial charge in [0.2, 0.25) is 0 Å². The standard InChI is InChI=1S/N7.N3/c1-2-4-7-5-3-6-7;1-3-2/q+1;-1. The molecule has 0 N–H and O–H groups in total. The van der Waals surface area contributed by atoms with Crippen molar-refractivity contribution in [2.45, 2.75) is 0 Å². The first-order valence-electron chi connectivity index (χ1n) is 1.80. The summed E-state index contributed by atoms with van der Waals surface area (Å²) in [6.07, 6.45) is 0. The molecule has 0 saturated carbocycles. The van der Waals surface area contributed by atoms with E-state index in [4.69, 9.17) is 16.6 Å². The van der Waals surface area contributed by atoms with Crippen molar-refractivity contribution in [3.05, 3.63) is 26.4 Å². The second kappa shape index (κ2) is 4.88. The van der Waals surface area contributed by atoms with E-state index < -0.39 is 0 Å². The van der Waals surface area contributed by atoms with Crippen LogP contribution in [0.1, 0.15) is 0 Å². The number of hydrogen-bond acceptors (Lipinski definition) is 3. The zero-order valence-corrected chi connectivity index (χ0v) is 4.47. The second-order valence-electron chi connectivity index (χ2n) is 0.805. The fourth-order valence-corrected chi connectivity index (χ4v) is 0.147. The van der Waals surface area contributed by atoms with Crippen molar-refractivity contribution in [2.24, 2.45) is 15.7 Å². The van der Waals surface area contributed by atoms with Crippen molar-refractivity contribution in [3.63, 3.8) is 0 Å². The summed E-state index contributed by atoms with van der Waals surface area (Å²) < 4.78 is 0. The highest BCUT2D eigenvalue weighted by atomic mass is 16.0. The summed E-state index contributed by atoms with van der Waals surface area (Å²) in [5, 5.41) is 9.95. The minimum Gasteiger partial charge on any atom is -0.373 e. The molecular weight excluding hydrogens is 140 g/mol. The second-order valence-corrected chi connectivity index (χ2v) is 0.805. The molecule has 50 valence electrons. The molecule has 0 aromatic carbocycles. The molecular formula is N10. The topological polar surface area (TPSA) is 150 Å². The molecule has 1 heterocycles. The van der Waals surface area contributed by atoms with Crippen LogP contribution in [-0.2, 0) is 0 Å². The Morgan fingerprint density at radius 1 is 1.30 bits per heavy atom. The van der Waals surface area contributed by atoms with Crippen LogP contribution >= 0.6 is 0 Å². The van der Waals surface area contributed by atoms with Gasteiger partial charge in [0.05, 0.1) is 5.23 Å². The summed E-state index contributed by atoms with van der Waals surface area (Å²) >= 11 is 0. The maximum absolute atomic E-state index is 7.66. The van der Waals surface area contributed by atoms with Gasteiger partial charge in [-0.2, -0.15) is 4.91 Å².